The Balaban J connectivity index is 2.22. The summed E-state index contributed by atoms with van der Waals surface area (Å²) in [5, 5.41) is 14.4. The minimum atomic E-state index is -4.04. The molecule has 2 atom stereocenters. The lowest BCUT2D eigenvalue weighted by atomic mass is 10.3. The van der Waals surface area contributed by atoms with E-state index in [1.54, 1.807) is 44.2 Å². The molecule has 0 spiro atoms. The number of benzene rings is 2. The fraction of sp³-hybridized carbons (Fsp3) is 0.316. The molecule has 0 radical (unpaired) electrons. The van der Waals surface area contributed by atoms with Crippen molar-refractivity contribution >= 4 is 19.4 Å². The van der Waals surface area contributed by atoms with Gasteiger partial charge in [0.1, 0.15) is 17.5 Å². The standard InChI is InChI=1S/C19H24N2O7P/c1-14(2)26-19(22)15(3)20-29(24,27-17-8-6-5-7-9-17)28-18-12-10-16(11-13-18)21(23)25-4/h5-15H,1-4H3,(H,20,24)/q-1/t15-,29?/m0/s1. The van der Waals surface area contributed by atoms with Gasteiger partial charge in [0, 0.05) is 0 Å². The third-order valence-corrected chi connectivity index (χ3v) is 5.07. The topological polar surface area (TPSA) is 109 Å². The van der Waals surface area contributed by atoms with Gasteiger partial charge >= 0.3 is 13.7 Å². The van der Waals surface area contributed by atoms with Crippen LogP contribution in [-0.2, 0) is 18.9 Å². The first-order chi connectivity index (χ1) is 13.7. The molecule has 2 aromatic carbocycles. The van der Waals surface area contributed by atoms with Crippen LogP contribution in [-0.4, -0.2) is 25.2 Å². The monoisotopic (exact) mass is 423 g/mol. The molecule has 0 saturated heterocycles. The Bertz CT molecular complexity index is 830. The summed E-state index contributed by atoms with van der Waals surface area (Å²) >= 11 is 0. The molecule has 9 nitrogen and oxygen atoms in total. The Hall–Kier alpha value is -2.58. The molecule has 0 aliphatic rings. The number of carbonyl (C=O) groups is 1. The fourth-order valence-electron chi connectivity index (χ4n) is 2.19. The Morgan fingerprint density at radius 1 is 1.00 bits per heavy atom. The summed E-state index contributed by atoms with van der Waals surface area (Å²) in [6, 6.07) is 13.1. The average molecular weight is 423 g/mol. The zero-order valence-electron chi connectivity index (χ0n) is 16.6. The average Bonchev–Trinajstić information content (AvgIpc) is 2.67. The summed E-state index contributed by atoms with van der Waals surface area (Å²) in [5.41, 5.74) is 0.223. The number of ether oxygens (including phenoxy) is 1. The Morgan fingerprint density at radius 2 is 1.55 bits per heavy atom. The van der Waals surface area contributed by atoms with Crippen LogP contribution in [0.25, 0.3) is 0 Å². The molecular formula is C19H24N2O7P-. The summed E-state index contributed by atoms with van der Waals surface area (Å²) in [6.07, 6.45) is -0.328. The zero-order chi connectivity index (χ0) is 21.4. The van der Waals surface area contributed by atoms with Gasteiger partial charge in [-0.2, -0.15) is 5.09 Å². The molecule has 0 saturated carbocycles. The molecule has 1 unspecified atom stereocenters. The second kappa shape index (κ2) is 10.3. The molecule has 1 N–H and O–H groups in total. The number of nitrogens with one attached hydrogen (secondary N) is 1. The van der Waals surface area contributed by atoms with E-state index in [1.807, 2.05) is 0 Å². The van der Waals surface area contributed by atoms with Crippen LogP contribution in [0.3, 0.4) is 0 Å². The maximum Gasteiger partial charge on any atom is 0.513 e. The van der Waals surface area contributed by atoms with Gasteiger partial charge in [0.2, 0.25) is 0 Å². The SMILES string of the molecule is CON([O-])c1ccc(OP(=O)(N[C@@H](C)C(=O)OC(C)C)Oc2ccccc2)cc1. The Morgan fingerprint density at radius 3 is 2.07 bits per heavy atom. The molecule has 0 amide bonds. The lowest BCUT2D eigenvalue weighted by molar-refractivity contribution is -0.149. The predicted molar refractivity (Wildman–Crippen MR) is 108 cm³/mol. The predicted octanol–water partition coefficient (Wildman–Crippen LogP) is 4.05. The van der Waals surface area contributed by atoms with Crippen LogP contribution in [0.5, 0.6) is 11.5 Å². The Labute approximate surface area is 169 Å². The highest BCUT2D eigenvalue weighted by molar-refractivity contribution is 7.52. The highest BCUT2D eigenvalue weighted by Gasteiger charge is 2.34. The molecule has 0 aliphatic heterocycles. The molecule has 0 heterocycles. The molecule has 2 rings (SSSR count). The molecule has 0 aromatic heterocycles. The van der Waals surface area contributed by atoms with Crippen LogP contribution in [0.1, 0.15) is 20.8 Å². The van der Waals surface area contributed by atoms with Crippen LogP contribution in [0.4, 0.5) is 5.69 Å². The van der Waals surface area contributed by atoms with Crippen LogP contribution in [0.15, 0.2) is 54.6 Å². The summed E-state index contributed by atoms with van der Waals surface area (Å²) in [4.78, 5) is 16.7. The zero-order valence-corrected chi connectivity index (χ0v) is 17.5. The van der Waals surface area contributed by atoms with Crippen LogP contribution in [0.2, 0.25) is 0 Å². The first kappa shape index (κ1) is 22.7. The maximum absolute atomic E-state index is 13.4. The summed E-state index contributed by atoms with van der Waals surface area (Å²) in [7, 11) is -2.80. The molecule has 10 heteroatoms. The first-order valence-corrected chi connectivity index (χ1v) is 10.4. The van der Waals surface area contributed by atoms with Crippen molar-refractivity contribution in [2.75, 3.05) is 12.3 Å². The van der Waals surface area contributed by atoms with E-state index in [9.17, 15) is 14.6 Å². The minimum Gasteiger partial charge on any atom is -0.733 e. The van der Waals surface area contributed by atoms with Crippen LogP contribution >= 0.6 is 7.75 Å². The molecule has 29 heavy (non-hydrogen) atoms. The van der Waals surface area contributed by atoms with Gasteiger partial charge in [-0.05, 0) is 57.2 Å². The number of para-hydroxylation sites is 1. The van der Waals surface area contributed by atoms with Crippen molar-refractivity contribution in [3.63, 3.8) is 0 Å². The van der Waals surface area contributed by atoms with Crippen molar-refractivity contribution < 1.29 is 28.0 Å². The number of anilines is 1. The van der Waals surface area contributed by atoms with E-state index < -0.39 is 19.8 Å². The third-order valence-electron chi connectivity index (χ3n) is 3.46. The van der Waals surface area contributed by atoms with E-state index >= 15 is 0 Å². The van der Waals surface area contributed by atoms with E-state index in [4.69, 9.17) is 13.8 Å². The largest absolute Gasteiger partial charge is 0.733 e. The summed E-state index contributed by atoms with van der Waals surface area (Å²) in [6.45, 7) is 4.91. The van der Waals surface area contributed by atoms with Crippen molar-refractivity contribution in [2.24, 2.45) is 0 Å². The van der Waals surface area contributed by atoms with Crippen molar-refractivity contribution in [3.05, 3.63) is 59.8 Å². The van der Waals surface area contributed by atoms with Crippen molar-refractivity contribution in [3.8, 4) is 11.5 Å². The molecule has 158 valence electrons. The number of carbonyl (C=O) groups excluding carboxylic acids is 1. The van der Waals surface area contributed by atoms with Crippen LogP contribution < -0.4 is 19.4 Å². The normalized spacial score (nSPS) is 14.0. The number of nitrogens with zero attached hydrogens (tertiary/aromatic N) is 1. The highest BCUT2D eigenvalue weighted by atomic mass is 31.2. The lowest BCUT2D eigenvalue weighted by Crippen LogP contribution is -2.36. The second-order valence-electron chi connectivity index (χ2n) is 6.26. The second-order valence-corrected chi connectivity index (χ2v) is 7.88. The molecule has 0 bridgehead atoms. The van der Waals surface area contributed by atoms with Crippen molar-refractivity contribution in [2.45, 2.75) is 32.9 Å². The number of hydrogen-bond donors (Lipinski definition) is 1. The molecular weight excluding hydrogens is 399 g/mol. The van der Waals surface area contributed by atoms with Crippen LogP contribution in [0, 0.1) is 5.21 Å². The Kier molecular flexibility index (Phi) is 8.04. The summed E-state index contributed by atoms with van der Waals surface area (Å²) in [5.74, 6) is -0.151. The van der Waals surface area contributed by atoms with Crippen molar-refractivity contribution in [1.82, 2.24) is 5.09 Å². The van der Waals surface area contributed by atoms with Gasteiger partial charge < -0.3 is 24.2 Å². The van der Waals surface area contributed by atoms with Gasteiger partial charge in [-0.3, -0.25) is 9.63 Å². The molecule has 2 aromatic rings. The minimum absolute atomic E-state index is 0.162. The van der Waals surface area contributed by atoms with Gasteiger partial charge in [-0.15, -0.1) is 0 Å². The summed E-state index contributed by atoms with van der Waals surface area (Å²) < 4.78 is 29.6. The molecule has 0 fully saturated rings. The fourth-order valence-corrected chi connectivity index (χ4v) is 3.71. The highest BCUT2D eigenvalue weighted by Crippen LogP contribution is 2.45. The smallest absolute Gasteiger partial charge is 0.513 e. The van der Waals surface area contributed by atoms with Gasteiger partial charge in [0.05, 0.1) is 18.9 Å². The number of hydrogen-bond acceptors (Lipinski definition) is 8. The number of esters is 1. The first-order valence-electron chi connectivity index (χ1n) is 8.86. The molecule has 0 aliphatic carbocycles. The van der Waals surface area contributed by atoms with Gasteiger partial charge in [0.15, 0.2) is 0 Å². The van der Waals surface area contributed by atoms with E-state index in [0.29, 0.717) is 5.23 Å². The van der Waals surface area contributed by atoms with E-state index in [1.165, 1.54) is 38.3 Å². The van der Waals surface area contributed by atoms with E-state index in [2.05, 4.69) is 9.92 Å². The third kappa shape index (κ3) is 7.07. The maximum atomic E-state index is 13.4. The van der Waals surface area contributed by atoms with Gasteiger partial charge in [-0.1, -0.05) is 18.2 Å². The van der Waals surface area contributed by atoms with E-state index in [-0.39, 0.29) is 23.3 Å². The number of rotatable bonds is 10. The van der Waals surface area contributed by atoms with Crippen molar-refractivity contribution in [1.29, 1.82) is 0 Å². The lowest BCUT2D eigenvalue weighted by Gasteiger charge is -2.27. The van der Waals surface area contributed by atoms with E-state index in [0.717, 1.165) is 0 Å². The van der Waals surface area contributed by atoms with Gasteiger partial charge in [0.25, 0.3) is 0 Å². The van der Waals surface area contributed by atoms with Gasteiger partial charge in [-0.25, -0.2) is 4.57 Å². The quantitative estimate of drug-likeness (QED) is 0.344.